The van der Waals surface area contributed by atoms with E-state index in [-0.39, 0.29) is 24.4 Å². The van der Waals surface area contributed by atoms with Crippen molar-refractivity contribution in [1.29, 1.82) is 0 Å². The van der Waals surface area contributed by atoms with Crippen LogP contribution in [0.4, 0.5) is 0 Å². The largest absolute Gasteiger partial charge is 0.394 e. The van der Waals surface area contributed by atoms with Crippen molar-refractivity contribution in [3.05, 3.63) is 18.0 Å². The minimum Gasteiger partial charge on any atom is -0.394 e. The average Bonchev–Trinajstić information content (AvgIpc) is 2.74. The Bertz CT molecular complexity index is 419. The number of nitrogens with zero attached hydrogens (tertiary/aromatic N) is 3. The van der Waals surface area contributed by atoms with Crippen LogP contribution in [-0.2, 0) is 11.8 Å². The van der Waals surface area contributed by atoms with Crippen LogP contribution in [0.1, 0.15) is 25.5 Å². The van der Waals surface area contributed by atoms with Crippen LogP contribution in [-0.4, -0.2) is 57.7 Å². The summed E-state index contributed by atoms with van der Waals surface area (Å²) in [4.78, 5) is 2.28. The van der Waals surface area contributed by atoms with Crippen molar-refractivity contribution in [2.75, 3.05) is 26.2 Å². The van der Waals surface area contributed by atoms with E-state index in [0.717, 1.165) is 12.1 Å². The molecule has 2 unspecified atom stereocenters. The van der Waals surface area contributed by atoms with E-state index in [2.05, 4.69) is 10.00 Å². The van der Waals surface area contributed by atoms with Crippen LogP contribution in [0.25, 0.3) is 0 Å². The zero-order valence-corrected chi connectivity index (χ0v) is 11.9. The smallest absolute Gasteiger partial charge is 0.0940 e. The highest BCUT2D eigenvalue weighted by Gasteiger charge is 2.36. The molecule has 2 atom stereocenters. The van der Waals surface area contributed by atoms with Crippen LogP contribution in [0, 0.1) is 0 Å². The molecule has 0 radical (unpaired) electrons. The highest BCUT2D eigenvalue weighted by Crippen LogP contribution is 2.28. The van der Waals surface area contributed by atoms with Gasteiger partial charge >= 0.3 is 0 Å². The highest BCUT2D eigenvalue weighted by molar-refractivity contribution is 5.12. The molecular formula is C13H24N4O2. The summed E-state index contributed by atoms with van der Waals surface area (Å²) in [5.41, 5.74) is 6.77. The Labute approximate surface area is 114 Å². The first-order chi connectivity index (χ1) is 8.95. The maximum atomic E-state index is 9.37. The number of aliphatic hydroxyl groups is 1. The molecule has 2 rings (SSSR count). The first-order valence-corrected chi connectivity index (χ1v) is 6.66. The Balaban J connectivity index is 2.17. The molecule has 6 nitrogen and oxygen atoms in total. The molecule has 3 N–H and O–H groups in total. The standard InChI is InChI=1S/C13H24N4O2/c1-13(2)9-17(7-11(8-18)19-13)12(4-14)10-5-15-16(3)6-10/h5-6,11-12,18H,4,7-9,14H2,1-3H3. The number of hydrogen-bond donors (Lipinski definition) is 2. The number of morpholine rings is 1. The third-order valence-electron chi connectivity index (χ3n) is 3.49. The van der Waals surface area contributed by atoms with Crippen molar-refractivity contribution < 1.29 is 9.84 Å². The zero-order valence-electron chi connectivity index (χ0n) is 11.9. The molecule has 1 aliphatic heterocycles. The van der Waals surface area contributed by atoms with Gasteiger partial charge in [-0.15, -0.1) is 0 Å². The van der Waals surface area contributed by atoms with Gasteiger partial charge in [-0.3, -0.25) is 9.58 Å². The van der Waals surface area contributed by atoms with Gasteiger partial charge in [-0.25, -0.2) is 0 Å². The molecule has 19 heavy (non-hydrogen) atoms. The van der Waals surface area contributed by atoms with Gasteiger partial charge in [0, 0.05) is 38.4 Å². The number of aromatic nitrogens is 2. The van der Waals surface area contributed by atoms with Crippen LogP contribution in [0.2, 0.25) is 0 Å². The van der Waals surface area contributed by atoms with Gasteiger partial charge in [-0.2, -0.15) is 5.10 Å². The summed E-state index contributed by atoms with van der Waals surface area (Å²) in [6.45, 7) is 6.12. The molecule has 0 aliphatic carbocycles. The first kappa shape index (κ1) is 14.5. The van der Waals surface area contributed by atoms with E-state index in [1.165, 1.54) is 0 Å². The van der Waals surface area contributed by atoms with Crippen molar-refractivity contribution in [1.82, 2.24) is 14.7 Å². The second kappa shape index (κ2) is 5.58. The Morgan fingerprint density at radius 2 is 2.37 bits per heavy atom. The molecule has 0 bridgehead atoms. The van der Waals surface area contributed by atoms with E-state index in [1.807, 2.05) is 33.3 Å². The summed E-state index contributed by atoms with van der Waals surface area (Å²) in [5, 5.41) is 13.6. The maximum absolute atomic E-state index is 9.37. The Hall–Kier alpha value is -0.950. The molecule has 1 aliphatic rings. The molecule has 6 heteroatoms. The lowest BCUT2D eigenvalue weighted by Crippen LogP contribution is -2.55. The number of aryl methyl sites for hydroxylation is 1. The van der Waals surface area contributed by atoms with Gasteiger partial charge in [0.2, 0.25) is 0 Å². The van der Waals surface area contributed by atoms with Gasteiger partial charge in [-0.05, 0) is 13.8 Å². The topological polar surface area (TPSA) is 76.5 Å². The van der Waals surface area contributed by atoms with Crippen molar-refractivity contribution in [3.63, 3.8) is 0 Å². The molecule has 2 heterocycles. The minimum atomic E-state index is -0.277. The van der Waals surface area contributed by atoms with E-state index in [4.69, 9.17) is 10.5 Å². The Morgan fingerprint density at radius 3 is 2.89 bits per heavy atom. The molecule has 1 aromatic rings. The molecule has 0 saturated carbocycles. The average molecular weight is 268 g/mol. The summed E-state index contributed by atoms with van der Waals surface area (Å²) >= 11 is 0. The van der Waals surface area contributed by atoms with E-state index in [1.54, 1.807) is 4.68 Å². The fourth-order valence-corrected chi connectivity index (χ4v) is 2.78. The summed E-state index contributed by atoms with van der Waals surface area (Å²) in [5.74, 6) is 0. The molecule has 108 valence electrons. The summed E-state index contributed by atoms with van der Waals surface area (Å²) < 4.78 is 7.62. The molecule has 1 fully saturated rings. The minimum absolute atomic E-state index is 0.0320. The molecule has 1 aromatic heterocycles. The van der Waals surface area contributed by atoms with Gasteiger partial charge in [0.1, 0.15) is 0 Å². The predicted molar refractivity (Wildman–Crippen MR) is 72.6 cm³/mol. The summed E-state index contributed by atoms with van der Waals surface area (Å²) in [7, 11) is 1.90. The lowest BCUT2D eigenvalue weighted by molar-refractivity contribution is -0.156. The number of ether oxygens (including phenoxy) is 1. The van der Waals surface area contributed by atoms with Crippen LogP contribution < -0.4 is 5.73 Å². The summed E-state index contributed by atoms with van der Waals surface area (Å²) in [6.07, 6.45) is 3.69. The fraction of sp³-hybridized carbons (Fsp3) is 0.769. The molecule has 0 amide bonds. The number of nitrogens with two attached hydrogens (primary N) is 1. The van der Waals surface area contributed by atoms with Gasteiger partial charge in [0.25, 0.3) is 0 Å². The van der Waals surface area contributed by atoms with Crippen molar-refractivity contribution >= 4 is 0 Å². The van der Waals surface area contributed by atoms with E-state index in [0.29, 0.717) is 13.1 Å². The van der Waals surface area contributed by atoms with Crippen molar-refractivity contribution in [3.8, 4) is 0 Å². The van der Waals surface area contributed by atoms with E-state index in [9.17, 15) is 5.11 Å². The summed E-state index contributed by atoms with van der Waals surface area (Å²) in [6, 6.07) is 0.117. The molecular weight excluding hydrogens is 244 g/mol. The van der Waals surface area contributed by atoms with E-state index < -0.39 is 0 Å². The van der Waals surface area contributed by atoms with Crippen LogP contribution >= 0.6 is 0 Å². The van der Waals surface area contributed by atoms with Gasteiger partial charge in [-0.1, -0.05) is 0 Å². The first-order valence-electron chi connectivity index (χ1n) is 6.66. The van der Waals surface area contributed by atoms with Gasteiger partial charge in [0.15, 0.2) is 0 Å². The maximum Gasteiger partial charge on any atom is 0.0940 e. The SMILES string of the molecule is Cn1cc(C(CN)N2CC(CO)OC(C)(C)C2)cn1. The Morgan fingerprint density at radius 1 is 1.63 bits per heavy atom. The number of hydrogen-bond acceptors (Lipinski definition) is 5. The predicted octanol–water partition coefficient (Wildman–Crippen LogP) is -0.108. The zero-order chi connectivity index (χ0) is 14.0. The second-order valence-corrected chi connectivity index (χ2v) is 5.81. The van der Waals surface area contributed by atoms with E-state index >= 15 is 0 Å². The van der Waals surface area contributed by atoms with Crippen LogP contribution in [0.5, 0.6) is 0 Å². The monoisotopic (exact) mass is 268 g/mol. The second-order valence-electron chi connectivity index (χ2n) is 5.81. The molecule has 0 spiro atoms. The quantitative estimate of drug-likeness (QED) is 0.797. The molecule has 0 aromatic carbocycles. The third kappa shape index (κ3) is 3.33. The molecule has 1 saturated heterocycles. The van der Waals surface area contributed by atoms with Gasteiger partial charge in [0.05, 0.1) is 30.6 Å². The lowest BCUT2D eigenvalue weighted by Gasteiger charge is -2.45. The van der Waals surface area contributed by atoms with Gasteiger partial charge < -0.3 is 15.6 Å². The van der Waals surface area contributed by atoms with Crippen molar-refractivity contribution in [2.45, 2.75) is 31.6 Å². The highest BCUT2D eigenvalue weighted by atomic mass is 16.5. The Kier molecular flexibility index (Phi) is 4.25. The van der Waals surface area contributed by atoms with Crippen molar-refractivity contribution in [2.24, 2.45) is 12.8 Å². The van der Waals surface area contributed by atoms with Crippen LogP contribution in [0.15, 0.2) is 12.4 Å². The third-order valence-corrected chi connectivity index (χ3v) is 3.49. The number of aliphatic hydroxyl groups excluding tert-OH is 1. The fourth-order valence-electron chi connectivity index (χ4n) is 2.78. The normalized spacial score (nSPS) is 25.4. The van der Waals surface area contributed by atoms with Crippen LogP contribution in [0.3, 0.4) is 0 Å². The number of rotatable bonds is 4. The lowest BCUT2D eigenvalue weighted by atomic mass is 10.0.